The molecule has 1 aliphatic heterocycles. The topological polar surface area (TPSA) is 93.3 Å². The molecule has 5 aromatic rings. The molecule has 10 heteroatoms. The average Bonchev–Trinajstić information content (AvgIpc) is 3.64. The fourth-order valence-electron chi connectivity index (χ4n) is 4.30. The Bertz CT molecular complexity index is 1570. The van der Waals surface area contributed by atoms with Gasteiger partial charge in [0.1, 0.15) is 17.1 Å². The Morgan fingerprint density at radius 3 is 2.78 bits per heavy atom. The van der Waals surface area contributed by atoms with E-state index in [1.165, 1.54) is 11.3 Å². The van der Waals surface area contributed by atoms with Gasteiger partial charge in [0.25, 0.3) is 0 Å². The third-order valence-corrected chi connectivity index (χ3v) is 7.14. The standard InChI is InChI=1S/C26H20ClN5O3S/c1-15-10-23(29-25(34)17-12-24(33)31(13-17)19-8-6-18(27)7-9-19)32(30-15)26-28-20(14-36-26)22-11-16-4-2-3-5-21(16)35-22/h2-11,14,17H,12-13H2,1H3,(H,29,34). The molecule has 2 amide bonds. The fraction of sp³-hybridized carbons (Fsp3) is 0.154. The van der Waals surface area contributed by atoms with Gasteiger partial charge in [-0.1, -0.05) is 29.8 Å². The van der Waals surface area contributed by atoms with Crippen molar-refractivity contribution in [2.24, 2.45) is 5.92 Å². The highest BCUT2D eigenvalue weighted by atomic mass is 35.5. The van der Waals surface area contributed by atoms with Crippen LogP contribution in [0.4, 0.5) is 11.5 Å². The molecule has 1 saturated heterocycles. The minimum atomic E-state index is -0.487. The molecule has 8 nitrogen and oxygen atoms in total. The maximum absolute atomic E-state index is 13.1. The number of aryl methyl sites for hydroxylation is 1. The number of carbonyl (C=O) groups excluding carboxylic acids is 2. The Kier molecular flexibility index (Phi) is 5.58. The number of furan rings is 1. The summed E-state index contributed by atoms with van der Waals surface area (Å²) in [6.07, 6.45) is 0.134. The van der Waals surface area contributed by atoms with E-state index in [4.69, 9.17) is 21.0 Å². The van der Waals surface area contributed by atoms with Gasteiger partial charge in [0.05, 0.1) is 11.6 Å². The number of nitrogens with one attached hydrogen (secondary N) is 1. The zero-order valence-corrected chi connectivity index (χ0v) is 20.7. The van der Waals surface area contributed by atoms with E-state index in [-0.39, 0.29) is 18.2 Å². The molecule has 0 radical (unpaired) electrons. The maximum atomic E-state index is 13.1. The number of amides is 2. The second kappa shape index (κ2) is 8.92. The van der Waals surface area contributed by atoms with Crippen LogP contribution >= 0.6 is 22.9 Å². The van der Waals surface area contributed by atoms with Crippen molar-refractivity contribution < 1.29 is 14.0 Å². The molecule has 1 fully saturated rings. The summed E-state index contributed by atoms with van der Waals surface area (Å²) in [7, 11) is 0. The van der Waals surface area contributed by atoms with Gasteiger partial charge in [0.2, 0.25) is 16.9 Å². The van der Waals surface area contributed by atoms with Crippen LogP contribution in [0.15, 0.2) is 70.5 Å². The lowest BCUT2D eigenvalue weighted by atomic mass is 10.1. The van der Waals surface area contributed by atoms with Crippen molar-refractivity contribution >= 4 is 57.2 Å². The number of para-hydroxylation sites is 1. The second-order valence-corrected chi connectivity index (χ2v) is 9.89. The monoisotopic (exact) mass is 517 g/mol. The molecule has 0 spiro atoms. The maximum Gasteiger partial charge on any atom is 0.230 e. The fourth-order valence-corrected chi connectivity index (χ4v) is 5.20. The summed E-state index contributed by atoms with van der Waals surface area (Å²) in [5.41, 5.74) is 2.94. The first-order chi connectivity index (χ1) is 17.4. The summed E-state index contributed by atoms with van der Waals surface area (Å²) in [4.78, 5) is 32.0. The van der Waals surface area contributed by atoms with Gasteiger partial charge in [-0.25, -0.2) is 4.98 Å². The van der Waals surface area contributed by atoms with E-state index < -0.39 is 5.92 Å². The van der Waals surface area contributed by atoms with Crippen LogP contribution in [0, 0.1) is 12.8 Å². The Morgan fingerprint density at radius 2 is 1.97 bits per heavy atom. The molecule has 6 rings (SSSR count). The van der Waals surface area contributed by atoms with Gasteiger partial charge >= 0.3 is 0 Å². The van der Waals surface area contributed by atoms with Crippen molar-refractivity contribution in [1.82, 2.24) is 14.8 Å². The Morgan fingerprint density at radius 1 is 1.17 bits per heavy atom. The van der Waals surface area contributed by atoms with Gasteiger partial charge in [0, 0.05) is 40.5 Å². The highest BCUT2D eigenvalue weighted by molar-refractivity contribution is 7.12. The Labute approximate surface area is 215 Å². The summed E-state index contributed by atoms with van der Waals surface area (Å²) in [6.45, 7) is 2.15. The number of nitrogens with zero attached hydrogens (tertiary/aromatic N) is 4. The number of aromatic nitrogens is 3. The average molecular weight is 518 g/mol. The van der Waals surface area contributed by atoms with Crippen molar-refractivity contribution in [2.45, 2.75) is 13.3 Å². The molecule has 1 atom stereocenters. The lowest BCUT2D eigenvalue weighted by molar-refractivity contribution is -0.122. The highest BCUT2D eigenvalue weighted by Crippen LogP contribution is 2.31. The van der Waals surface area contributed by atoms with Crippen molar-refractivity contribution in [3.8, 4) is 16.6 Å². The van der Waals surface area contributed by atoms with Gasteiger partial charge in [-0.3, -0.25) is 9.59 Å². The van der Waals surface area contributed by atoms with Crippen LogP contribution < -0.4 is 10.2 Å². The molecule has 0 bridgehead atoms. The number of hydrogen-bond donors (Lipinski definition) is 1. The van der Waals surface area contributed by atoms with Crippen LogP contribution in [0.2, 0.25) is 5.02 Å². The van der Waals surface area contributed by atoms with Crippen LogP contribution in [0.25, 0.3) is 27.6 Å². The summed E-state index contributed by atoms with van der Waals surface area (Å²) in [5.74, 6) is 0.340. The van der Waals surface area contributed by atoms with Crippen molar-refractivity contribution in [1.29, 1.82) is 0 Å². The van der Waals surface area contributed by atoms with Crippen LogP contribution in [-0.4, -0.2) is 33.1 Å². The Hall–Kier alpha value is -3.95. The number of fused-ring (bicyclic) bond motifs is 1. The minimum Gasteiger partial charge on any atom is -0.454 e. The second-order valence-electron chi connectivity index (χ2n) is 8.62. The first kappa shape index (κ1) is 22.5. The number of benzene rings is 2. The smallest absolute Gasteiger partial charge is 0.230 e. The van der Waals surface area contributed by atoms with E-state index in [9.17, 15) is 9.59 Å². The summed E-state index contributed by atoms with van der Waals surface area (Å²) < 4.78 is 7.54. The summed E-state index contributed by atoms with van der Waals surface area (Å²) in [5, 5.41) is 11.6. The molecule has 4 heterocycles. The largest absolute Gasteiger partial charge is 0.454 e. The van der Waals surface area contributed by atoms with E-state index in [0.29, 0.717) is 34.0 Å². The molecule has 3 aromatic heterocycles. The number of anilines is 2. The number of thiazole rings is 1. The molecular formula is C26H20ClN5O3S. The van der Waals surface area contributed by atoms with Gasteiger partial charge < -0.3 is 14.6 Å². The summed E-state index contributed by atoms with van der Waals surface area (Å²) >= 11 is 7.36. The van der Waals surface area contributed by atoms with Crippen LogP contribution in [-0.2, 0) is 9.59 Å². The molecule has 1 N–H and O–H groups in total. The van der Waals surface area contributed by atoms with Crippen LogP contribution in [0.1, 0.15) is 12.1 Å². The molecule has 36 heavy (non-hydrogen) atoms. The van der Waals surface area contributed by atoms with E-state index in [2.05, 4.69) is 10.4 Å². The van der Waals surface area contributed by atoms with Crippen molar-refractivity contribution in [2.75, 3.05) is 16.8 Å². The first-order valence-corrected chi connectivity index (χ1v) is 12.6. The highest BCUT2D eigenvalue weighted by Gasteiger charge is 2.35. The van der Waals surface area contributed by atoms with Crippen molar-refractivity contribution in [3.05, 3.63) is 76.8 Å². The molecule has 0 aliphatic carbocycles. The SMILES string of the molecule is Cc1cc(NC(=O)C2CC(=O)N(c3ccc(Cl)cc3)C2)n(-c2nc(-c3cc4ccccc4o3)cs2)n1. The summed E-state index contributed by atoms with van der Waals surface area (Å²) in [6, 6.07) is 18.5. The number of rotatable bonds is 5. The predicted octanol–water partition coefficient (Wildman–Crippen LogP) is 5.70. The Balaban J connectivity index is 1.21. The van der Waals surface area contributed by atoms with Crippen LogP contribution in [0.3, 0.4) is 0 Å². The van der Waals surface area contributed by atoms with E-state index in [1.54, 1.807) is 39.9 Å². The molecule has 2 aromatic carbocycles. The quantitative estimate of drug-likeness (QED) is 0.323. The molecule has 1 aliphatic rings. The first-order valence-electron chi connectivity index (χ1n) is 11.3. The third kappa shape index (κ3) is 4.16. The molecule has 1 unspecified atom stereocenters. The minimum absolute atomic E-state index is 0.0995. The predicted molar refractivity (Wildman–Crippen MR) is 140 cm³/mol. The normalized spacial score (nSPS) is 15.7. The zero-order valence-electron chi connectivity index (χ0n) is 19.1. The molecule has 180 valence electrons. The van der Waals surface area contributed by atoms with E-state index in [0.717, 1.165) is 22.4 Å². The van der Waals surface area contributed by atoms with Gasteiger partial charge in [0.15, 0.2) is 5.76 Å². The lowest BCUT2D eigenvalue weighted by Crippen LogP contribution is -2.28. The molecular weight excluding hydrogens is 498 g/mol. The number of hydrogen-bond acceptors (Lipinski definition) is 6. The third-order valence-electron chi connectivity index (χ3n) is 6.07. The van der Waals surface area contributed by atoms with Gasteiger partial charge in [-0.05, 0) is 43.3 Å². The molecule has 0 saturated carbocycles. The number of halogens is 1. The van der Waals surface area contributed by atoms with Crippen molar-refractivity contribution in [3.63, 3.8) is 0 Å². The van der Waals surface area contributed by atoms with Gasteiger partial charge in [-0.2, -0.15) is 9.78 Å². The lowest BCUT2D eigenvalue weighted by Gasteiger charge is -2.16. The number of carbonyl (C=O) groups is 2. The van der Waals surface area contributed by atoms with Gasteiger partial charge in [-0.15, -0.1) is 11.3 Å². The van der Waals surface area contributed by atoms with E-state index in [1.807, 2.05) is 42.6 Å². The zero-order chi connectivity index (χ0) is 24.8. The van der Waals surface area contributed by atoms with E-state index >= 15 is 0 Å². The van der Waals surface area contributed by atoms with Crippen LogP contribution in [0.5, 0.6) is 0 Å².